The van der Waals surface area contributed by atoms with Crippen molar-refractivity contribution in [2.75, 3.05) is 13.1 Å². The van der Waals surface area contributed by atoms with Crippen molar-refractivity contribution in [3.05, 3.63) is 0 Å². The molecule has 0 aliphatic carbocycles. The van der Waals surface area contributed by atoms with Crippen LogP contribution >= 0.6 is 0 Å². The van der Waals surface area contributed by atoms with Crippen molar-refractivity contribution < 1.29 is 18.9 Å². The summed E-state index contributed by atoms with van der Waals surface area (Å²) in [5.74, 6) is -1.40. The molecule has 6 heteroatoms. The van der Waals surface area contributed by atoms with E-state index in [0.29, 0.717) is 13.1 Å². The predicted molar refractivity (Wildman–Crippen MR) is 65.8 cm³/mol. The van der Waals surface area contributed by atoms with E-state index in [0.717, 1.165) is 0 Å². The number of hydrogen-bond acceptors (Lipinski definition) is 6. The van der Waals surface area contributed by atoms with E-state index in [1.165, 1.54) is 0 Å². The lowest BCUT2D eigenvalue weighted by molar-refractivity contribution is -0.420. The van der Waals surface area contributed by atoms with E-state index in [4.69, 9.17) is 30.4 Å². The van der Waals surface area contributed by atoms with E-state index in [-0.39, 0.29) is 24.4 Å². The Hall–Kier alpha value is -0.240. The molecule has 2 aliphatic heterocycles. The third-order valence-electron chi connectivity index (χ3n) is 3.23. The van der Waals surface area contributed by atoms with Crippen molar-refractivity contribution in [3.63, 3.8) is 0 Å². The number of fused-ring (bicyclic) bond motifs is 1. The molecule has 0 aromatic rings. The van der Waals surface area contributed by atoms with Gasteiger partial charge in [-0.1, -0.05) is 0 Å². The molecule has 18 heavy (non-hydrogen) atoms. The largest absolute Gasteiger partial charge is 0.343 e. The minimum atomic E-state index is -0.702. The fourth-order valence-electron chi connectivity index (χ4n) is 2.65. The van der Waals surface area contributed by atoms with Gasteiger partial charge in [0, 0.05) is 13.1 Å². The summed E-state index contributed by atoms with van der Waals surface area (Å²) in [4.78, 5) is 0. The zero-order chi connectivity index (χ0) is 13.6. The molecular weight excluding hydrogens is 236 g/mol. The average Bonchev–Trinajstić information content (AvgIpc) is 2.26. The van der Waals surface area contributed by atoms with E-state index in [2.05, 4.69) is 0 Å². The van der Waals surface area contributed by atoms with Crippen LogP contribution in [0.2, 0.25) is 0 Å². The lowest BCUT2D eigenvalue weighted by atomic mass is 9.97. The van der Waals surface area contributed by atoms with Gasteiger partial charge in [-0.25, -0.2) is 0 Å². The number of nitrogens with two attached hydrogens (primary N) is 2. The summed E-state index contributed by atoms with van der Waals surface area (Å²) < 4.78 is 23.4. The minimum absolute atomic E-state index is 0.212. The summed E-state index contributed by atoms with van der Waals surface area (Å²) in [5.41, 5.74) is 11.5. The highest BCUT2D eigenvalue weighted by molar-refractivity contribution is 4.95. The first-order chi connectivity index (χ1) is 8.28. The predicted octanol–water partition coefficient (Wildman–Crippen LogP) is -0.0560. The van der Waals surface area contributed by atoms with Crippen LogP contribution in [-0.4, -0.2) is 49.1 Å². The van der Waals surface area contributed by atoms with Gasteiger partial charge in [0.15, 0.2) is 11.6 Å². The van der Waals surface area contributed by atoms with Crippen LogP contribution in [-0.2, 0) is 18.9 Å². The Morgan fingerprint density at radius 3 is 1.33 bits per heavy atom. The van der Waals surface area contributed by atoms with Crippen LogP contribution in [0.25, 0.3) is 0 Å². The number of hydrogen-bond donors (Lipinski definition) is 2. The van der Waals surface area contributed by atoms with Gasteiger partial charge in [0.1, 0.15) is 24.4 Å². The monoisotopic (exact) mass is 260 g/mol. The molecule has 2 aliphatic rings. The third kappa shape index (κ3) is 2.68. The van der Waals surface area contributed by atoms with Gasteiger partial charge in [-0.3, -0.25) is 0 Å². The maximum atomic E-state index is 5.90. The Kier molecular flexibility index (Phi) is 3.70. The molecular formula is C12H24N2O4. The molecule has 0 saturated carbocycles. The Morgan fingerprint density at radius 2 is 1.06 bits per heavy atom. The molecule has 0 aromatic heterocycles. The van der Waals surface area contributed by atoms with Gasteiger partial charge in [0.25, 0.3) is 0 Å². The lowest BCUT2D eigenvalue weighted by Gasteiger charge is -2.53. The molecule has 0 spiro atoms. The first kappa shape index (κ1) is 14.2. The molecule has 0 radical (unpaired) electrons. The second-order valence-electron chi connectivity index (χ2n) is 5.75. The third-order valence-corrected chi connectivity index (χ3v) is 3.23. The van der Waals surface area contributed by atoms with Crippen LogP contribution in [0.3, 0.4) is 0 Å². The van der Waals surface area contributed by atoms with Gasteiger partial charge < -0.3 is 30.4 Å². The van der Waals surface area contributed by atoms with Crippen molar-refractivity contribution in [1.29, 1.82) is 0 Å². The van der Waals surface area contributed by atoms with Crippen molar-refractivity contribution in [2.24, 2.45) is 11.5 Å². The Balaban J connectivity index is 2.24. The highest BCUT2D eigenvalue weighted by Crippen LogP contribution is 2.37. The topological polar surface area (TPSA) is 89.0 Å². The Morgan fingerprint density at radius 1 is 0.722 bits per heavy atom. The van der Waals surface area contributed by atoms with Crippen LogP contribution in [0.4, 0.5) is 0 Å². The van der Waals surface area contributed by atoms with Gasteiger partial charge in [-0.05, 0) is 27.7 Å². The van der Waals surface area contributed by atoms with Crippen molar-refractivity contribution in [3.8, 4) is 0 Å². The molecule has 6 nitrogen and oxygen atoms in total. The van der Waals surface area contributed by atoms with Gasteiger partial charge >= 0.3 is 0 Å². The molecule has 0 bridgehead atoms. The molecule has 106 valence electrons. The summed E-state index contributed by atoms with van der Waals surface area (Å²) >= 11 is 0. The summed E-state index contributed by atoms with van der Waals surface area (Å²) in [7, 11) is 0. The van der Waals surface area contributed by atoms with Crippen LogP contribution in [0.1, 0.15) is 27.7 Å². The van der Waals surface area contributed by atoms with E-state index in [1.54, 1.807) is 0 Å². The number of rotatable bonds is 2. The molecule has 0 amide bonds. The molecule has 2 rings (SSSR count). The smallest absolute Gasteiger partial charge is 0.163 e. The first-order valence-electron chi connectivity index (χ1n) is 6.39. The quantitative estimate of drug-likeness (QED) is 0.723. The van der Waals surface area contributed by atoms with Crippen LogP contribution in [0.5, 0.6) is 0 Å². The highest BCUT2D eigenvalue weighted by atomic mass is 16.8. The van der Waals surface area contributed by atoms with E-state index >= 15 is 0 Å². The van der Waals surface area contributed by atoms with Crippen molar-refractivity contribution in [1.82, 2.24) is 0 Å². The van der Waals surface area contributed by atoms with Crippen LogP contribution in [0, 0.1) is 0 Å². The molecule has 4 N–H and O–H groups in total. The fourth-order valence-corrected chi connectivity index (χ4v) is 2.65. The summed E-state index contributed by atoms with van der Waals surface area (Å²) in [6.07, 6.45) is -0.924. The molecule has 0 aromatic carbocycles. The van der Waals surface area contributed by atoms with Crippen molar-refractivity contribution in [2.45, 2.75) is 63.7 Å². The standard InChI is InChI=1S/C12H24N2O4/c1-11(2)15-7(5-13)10-9(17-11)8(6-14)16-12(3,4)18-10/h7-10H,5-6,13-14H2,1-4H3/t7-,8+,9-,10+. The maximum Gasteiger partial charge on any atom is 0.163 e. The highest BCUT2D eigenvalue weighted by Gasteiger charge is 2.52. The molecule has 2 saturated heterocycles. The van der Waals surface area contributed by atoms with Crippen LogP contribution in [0.15, 0.2) is 0 Å². The SMILES string of the molecule is CC1(C)O[C@@H]2[C@H](OC(C)(C)O[C@@H]2CN)[C@H](CN)O1. The Labute approximate surface area is 108 Å². The van der Waals surface area contributed by atoms with Gasteiger partial charge in [0.2, 0.25) is 0 Å². The van der Waals surface area contributed by atoms with Gasteiger partial charge in [0.05, 0.1) is 0 Å². The fraction of sp³-hybridized carbons (Fsp3) is 1.00. The lowest BCUT2D eigenvalue weighted by Crippen LogP contribution is -2.67. The normalized spacial score (nSPS) is 42.3. The second kappa shape index (κ2) is 4.70. The molecule has 2 heterocycles. The second-order valence-corrected chi connectivity index (χ2v) is 5.75. The minimum Gasteiger partial charge on any atom is -0.343 e. The maximum absolute atomic E-state index is 5.90. The van der Waals surface area contributed by atoms with Crippen LogP contribution < -0.4 is 11.5 Å². The van der Waals surface area contributed by atoms with Gasteiger partial charge in [-0.2, -0.15) is 0 Å². The van der Waals surface area contributed by atoms with E-state index in [9.17, 15) is 0 Å². The summed E-state index contributed by atoms with van der Waals surface area (Å²) in [6.45, 7) is 8.19. The van der Waals surface area contributed by atoms with Gasteiger partial charge in [-0.15, -0.1) is 0 Å². The molecule has 4 atom stereocenters. The average molecular weight is 260 g/mol. The number of ether oxygens (including phenoxy) is 4. The summed E-state index contributed by atoms with van der Waals surface area (Å²) in [6, 6.07) is 0. The zero-order valence-electron chi connectivity index (χ0n) is 11.5. The first-order valence-corrected chi connectivity index (χ1v) is 6.39. The van der Waals surface area contributed by atoms with E-state index < -0.39 is 11.6 Å². The summed E-state index contributed by atoms with van der Waals surface area (Å²) in [5, 5.41) is 0. The molecule has 0 unspecified atom stereocenters. The zero-order valence-corrected chi connectivity index (χ0v) is 11.5. The van der Waals surface area contributed by atoms with Crippen molar-refractivity contribution >= 4 is 0 Å². The Bertz CT molecular complexity index is 278. The molecule has 2 fully saturated rings. The van der Waals surface area contributed by atoms with E-state index in [1.807, 2.05) is 27.7 Å².